The van der Waals surface area contributed by atoms with E-state index in [2.05, 4.69) is 16.3 Å². The van der Waals surface area contributed by atoms with Crippen molar-refractivity contribution < 1.29 is 0 Å². The van der Waals surface area contributed by atoms with Crippen LogP contribution in [-0.2, 0) is 0 Å². The SMILES string of the molecule is CCCCCCCCCCCCSc1nsc(N)n1. The summed E-state index contributed by atoms with van der Waals surface area (Å²) in [6.45, 7) is 2.27. The largest absolute Gasteiger partial charge is 0.374 e. The maximum Gasteiger partial charge on any atom is 0.201 e. The minimum absolute atomic E-state index is 0.575. The maximum atomic E-state index is 5.54. The van der Waals surface area contributed by atoms with Gasteiger partial charge in [0, 0.05) is 17.3 Å². The number of aromatic nitrogens is 2. The third-order valence-electron chi connectivity index (χ3n) is 3.15. The molecule has 0 aliphatic rings. The fourth-order valence-electron chi connectivity index (χ4n) is 2.03. The number of hydrogen-bond donors (Lipinski definition) is 1. The number of unbranched alkanes of at least 4 members (excludes halogenated alkanes) is 9. The Hall–Kier alpha value is -0.290. The molecule has 110 valence electrons. The summed E-state index contributed by atoms with van der Waals surface area (Å²) in [6, 6.07) is 0. The highest BCUT2D eigenvalue weighted by Gasteiger charge is 2.00. The first-order valence-electron chi connectivity index (χ1n) is 7.55. The van der Waals surface area contributed by atoms with E-state index in [9.17, 15) is 0 Å². The minimum Gasteiger partial charge on any atom is -0.374 e. The van der Waals surface area contributed by atoms with Gasteiger partial charge < -0.3 is 5.73 Å². The van der Waals surface area contributed by atoms with E-state index in [4.69, 9.17) is 5.73 Å². The second-order valence-electron chi connectivity index (χ2n) is 4.95. The molecular formula is C14H27N3S2. The number of nitrogen functional groups attached to an aromatic ring is 1. The molecule has 2 N–H and O–H groups in total. The van der Waals surface area contributed by atoms with Crippen LogP contribution in [0.1, 0.15) is 71.1 Å². The molecular weight excluding hydrogens is 274 g/mol. The van der Waals surface area contributed by atoms with Crippen LogP contribution >= 0.6 is 23.3 Å². The topological polar surface area (TPSA) is 51.8 Å². The van der Waals surface area contributed by atoms with Crippen molar-refractivity contribution in [2.24, 2.45) is 0 Å². The van der Waals surface area contributed by atoms with E-state index in [-0.39, 0.29) is 0 Å². The Bertz CT molecular complexity index is 315. The lowest BCUT2D eigenvalue weighted by atomic mass is 10.1. The van der Waals surface area contributed by atoms with Gasteiger partial charge in [0.2, 0.25) is 10.3 Å². The zero-order valence-electron chi connectivity index (χ0n) is 12.1. The van der Waals surface area contributed by atoms with Gasteiger partial charge in [-0.05, 0) is 6.42 Å². The Balaban J connectivity index is 1.79. The van der Waals surface area contributed by atoms with Gasteiger partial charge in [0.05, 0.1) is 0 Å². The lowest BCUT2D eigenvalue weighted by Crippen LogP contribution is -1.85. The van der Waals surface area contributed by atoms with Crippen molar-refractivity contribution >= 4 is 28.4 Å². The lowest BCUT2D eigenvalue weighted by Gasteiger charge is -2.01. The molecule has 3 nitrogen and oxygen atoms in total. The maximum absolute atomic E-state index is 5.54. The van der Waals surface area contributed by atoms with Gasteiger partial charge in [-0.25, -0.2) is 0 Å². The summed E-state index contributed by atoms with van der Waals surface area (Å²) in [5.74, 6) is 1.12. The fraction of sp³-hybridized carbons (Fsp3) is 0.857. The minimum atomic E-state index is 0.575. The summed E-state index contributed by atoms with van der Waals surface area (Å²) in [7, 11) is 0. The Morgan fingerprint density at radius 1 is 0.947 bits per heavy atom. The highest BCUT2D eigenvalue weighted by molar-refractivity contribution is 7.99. The lowest BCUT2D eigenvalue weighted by molar-refractivity contribution is 0.563. The highest BCUT2D eigenvalue weighted by atomic mass is 32.2. The summed E-state index contributed by atoms with van der Waals surface area (Å²) < 4.78 is 4.17. The molecule has 0 radical (unpaired) electrons. The number of thioether (sulfide) groups is 1. The number of rotatable bonds is 12. The first-order valence-corrected chi connectivity index (χ1v) is 9.31. The summed E-state index contributed by atoms with van der Waals surface area (Å²) in [5.41, 5.74) is 5.54. The monoisotopic (exact) mass is 301 g/mol. The van der Waals surface area contributed by atoms with Crippen LogP contribution in [0.15, 0.2) is 5.16 Å². The van der Waals surface area contributed by atoms with Crippen molar-refractivity contribution in [1.29, 1.82) is 0 Å². The third-order valence-corrected chi connectivity index (χ3v) is 4.74. The van der Waals surface area contributed by atoms with Gasteiger partial charge in [0.1, 0.15) is 0 Å². The van der Waals surface area contributed by atoms with Crippen molar-refractivity contribution in [3.63, 3.8) is 0 Å². The summed E-state index contributed by atoms with van der Waals surface area (Å²) in [4.78, 5) is 4.14. The van der Waals surface area contributed by atoms with Crippen molar-refractivity contribution in [3.8, 4) is 0 Å². The smallest absolute Gasteiger partial charge is 0.201 e. The Morgan fingerprint density at radius 2 is 1.53 bits per heavy atom. The second-order valence-corrected chi connectivity index (χ2v) is 6.79. The molecule has 0 amide bonds. The molecule has 0 aromatic carbocycles. The Morgan fingerprint density at radius 3 is 2.05 bits per heavy atom. The average molecular weight is 302 g/mol. The third kappa shape index (κ3) is 9.27. The van der Waals surface area contributed by atoms with Crippen LogP contribution in [0.2, 0.25) is 0 Å². The zero-order chi connectivity index (χ0) is 13.8. The highest BCUT2D eigenvalue weighted by Crippen LogP contribution is 2.19. The summed E-state index contributed by atoms with van der Waals surface area (Å²) in [6.07, 6.45) is 13.8. The predicted octanol–water partition coefficient (Wildman–Crippen LogP) is 5.13. The second kappa shape index (κ2) is 11.5. The van der Waals surface area contributed by atoms with E-state index in [0.29, 0.717) is 5.13 Å². The molecule has 0 bridgehead atoms. The van der Waals surface area contributed by atoms with Gasteiger partial charge >= 0.3 is 0 Å². The molecule has 0 aliphatic carbocycles. The standard InChI is InChI=1S/C14H27N3S2/c1-2-3-4-5-6-7-8-9-10-11-12-18-14-16-13(15)19-17-14/h2-12H2,1H3,(H2,15,16,17). The van der Waals surface area contributed by atoms with E-state index in [1.54, 1.807) is 11.8 Å². The van der Waals surface area contributed by atoms with Gasteiger partial charge in [-0.1, -0.05) is 76.5 Å². The fourth-order valence-corrected chi connectivity index (χ4v) is 3.45. The van der Waals surface area contributed by atoms with E-state index < -0.39 is 0 Å². The van der Waals surface area contributed by atoms with Crippen LogP contribution in [0.4, 0.5) is 5.13 Å². The molecule has 0 spiro atoms. The molecule has 1 aromatic rings. The molecule has 1 aromatic heterocycles. The number of hydrogen-bond acceptors (Lipinski definition) is 5. The molecule has 0 saturated heterocycles. The van der Waals surface area contributed by atoms with Gasteiger partial charge in [-0.3, -0.25) is 0 Å². The molecule has 19 heavy (non-hydrogen) atoms. The van der Waals surface area contributed by atoms with Crippen LogP contribution in [0.5, 0.6) is 0 Å². The number of nitrogens with two attached hydrogens (primary N) is 1. The van der Waals surface area contributed by atoms with Gasteiger partial charge in [-0.15, -0.1) is 0 Å². The molecule has 1 heterocycles. The zero-order valence-corrected chi connectivity index (χ0v) is 13.7. The first-order chi connectivity index (χ1) is 9.33. The quantitative estimate of drug-likeness (QED) is 0.429. The van der Waals surface area contributed by atoms with E-state index in [1.165, 1.54) is 75.7 Å². The summed E-state index contributed by atoms with van der Waals surface area (Å²) >= 11 is 3.01. The number of nitrogens with zero attached hydrogens (tertiary/aromatic N) is 2. The average Bonchev–Trinajstić information content (AvgIpc) is 2.82. The summed E-state index contributed by atoms with van der Waals surface area (Å²) in [5, 5.41) is 1.42. The van der Waals surface area contributed by atoms with E-state index in [1.807, 2.05) is 0 Å². The van der Waals surface area contributed by atoms with Gasteiger partial charge in [0.25, 0.3) is 0 Å². The van der Waals surface area contributed by atoms with Crippen molar-refractivity contribution in [1.82, 2.24) is 9.36 Å². The van der Waals surface area contributed by atoms with Crippen LogP contribution in [-0.4, -0.2) is 15.1 Å². The van der Waals surface area contributed by atoms with Gasteiger partial charge in [0.15, 0.2) is 0 Å². The Kier molecular flexibility index (Phi) is 10.2. The van der Waals surface area contributed by atoms with Crippen molar-refractivity contribution in [2.45, 2.75) is 76.3 Å². The van der Waals surface area contributed by atoms with Crippen LogP contribution < -0.4 is 5.73 Å². The van der Waals surface area contributed by atoms with E-state index in [0.717, 1.165) is 10.9 Å². The Labute approximate surface area is 125 Å². The number of anilines is 1. The molecule has 0 saturated carbocycles. The first kappa shape index (κ1) is 16.8. The van der Waals surface area contributed by atoms with Crippen molar-refractivity contribution in [3.05, 3.63) is 0 Å². The van der Waals surface area contributed by atoms with Crippen LogP contribution in [0.3, 0.4) is 0 Å². The predicted molar refractivity (Wildman–Crippen MR) is 86.9 cm³/mol. The van der Waals surface area contributed by atoms with Gasteiger partial charge in [-0.2, -0.15) is 9.36 Å². The molecule has 0 unspecified atom stereocenters. The molecule has 5 heteroatoms. The molecule has 0 atom stereocenters. The van der Waals surface area contributed by atoms with Crippen LogP contribution in [0.25, 0.3) is 0 Å². The van der Waals surface area contributed by atoms with E-state index >= 15 is 0 Å². The molecule has 0 aliphatic heterocycles. The molecule has 0 fully saturated rings. The van der Waals surface area contributed by atoms with Crippen molar-refractivity contribution in [2.75, 3.05) is 11.5 Å². The molecule has 1 rings (SSSR count). The van der Waals surface area contributed by atoms with Crippen LogP contribution in [0, 0.1) is 0 Å². The normalized spacial score (nSPS) is 11.0.